The number of halogens is 1. The lowest BCUT2D eigenvalue weighted by molar-refractivity contribution is 0.576. The first kappa shape index (κ1) is 17.9. The Hall–Kier alpha value is -1.13. The number of hydrogen-bond donors (Lipinski definition) is 2. The number of hydrogen-bond acceptors (Lipinski definition) is 4. The summed E-state index contributed by atoms with van der Waals surface area (Å²) < 4.78 is 26.6. The SMILES string of the molecule is CNCCCNS(=O)(=O)c1cc(C#N)ccc1C.Cl. The Morgan fingerprint density at radius 1 is 1.32 bits per heavy atom. The zero-order valence-electron chi connectivity index (χ0n) is 10.9. The van der Waals surface area contributed by atoms with Gasteiger partial charge in [-0.25, -0.2) is 13.1 Å². The van der Waals surface area contributed by atoms with Gasteiger partial charge in [-0.3, -0.25) is 0 Å². The van der Waals surface area contributed by atoms with Crippen molar-refractivity contribution in [1.29, 1.82) is 5.26 Å². The monoisotopic (exact) mass is 303 g/mol. The number of rotatable bonds is 6. The molecule has 0 atom stereocenters. The van der Waals surface area contributed by atoms with Crippen molar-refractivity contribution in [3.63, 3.8) is 0 Å². The van der Waals surface area contributed by atoms with Crippen LogP contribution in [0.5, 0.6) is 0 Å². The maximum atomic E-state index is 12.0. The van der Waals surface area contributed by atoms with E-state index in [4.69, 9.17) is 5.26 Å². The molecule has 0 aromatic heterocycles. The molecule has 5 nitrogen and oxygen atoms in total. The predicted octanol–water partition coefficient (Wildman–Crippen LogP) is 1.18. The van der Waals surface area contributed by atoms with Gasteiger partial charge >= 0.3 is 0 Å². The van der Waals surface area contributed by atoms with E-state index in [0.29, 0.717) is 24.1 Å². The molecule has 0 fully saturated rings. The molecule has 0 spiro atoms. The van der Waals surface area contributed by atoms with Gasteiger partial charge in [-0.2, -0.15) is 5.26 Å². The first-order valence-corrected chi connectivity index (χ1v) is 7.14. The second-order valence-corrected chi connectivity index (χ2v) is 5.68. The smallest absolute Gasteiger partial charge is 0.240 e. The molecule has 0 saturated carbocycles. The van der Waals surface area contributed by atoms with Crippen LogP contribution in [0.1, 0.15) is 17.5 Å². The Morgan fingerprint density at radius 3 is 2.58 bits per heavy atom. The van der Waals surface area contributed by atoms with E-state index in [1.807, 2.05) is 13.1 Å². The predicted molar refractivity (Wildman–Crippen MR) is 76.9 cm³/mol. The summed E-state index contributed by atoms with van der Waals surface area (Å²) in [4.78, 5) is 0.172. The van der Waals surface area contributed by atoms with E-state index in [2.05, 4.69) is 10.0 Å². The normalized spacial score (nSPS) is 10.6. The van der Waals surface area contributed by atoms with Crippen molar-refractivity contribution in [1.82, 2.24) is 10.0 Å². The lowest BCUT2D eigenvalue weighted by Crippen LogP contribution is -2.27. The van der Waals surface area contributed by atoms with Crippen molar-refractivity contribution in [2.24, 2.45) is 0 Å². The highest BCUT2D eigenvalue weighted by Gasteiger charge is 2.16. The van der Waals surface area contributed by atoms with Gasteiger partial charge < -0.3 is 5.32 Å². The molecule has 7 heteroatoms. The molecule has 0 saturated heterocycles. The average Bonchev–Trinajstić information content (AvgIpc) is 2.35. The molecule has 0 aliphatic carbocycles. The van der Waals surface area contributed by atoms with E-state index in [1.54, 1.807) is 19.1 Å². The highest BCUT2D eigenvalue weighted by molar-refractivity contribution is 7.89. The highest BCUT2D eigenvalue weighted by Crippen LogP contribution is 2.16. The quantitative estimate of drug-likeness (QED) is 0.773. The summed E-state index contributed by atoms with van der Waals surface area (Å²) in [7, 11) is -1.72. The summed E-state index contributed by atoms with van der Waals surface area (Å²) in [6, 6.07) is 6.59. The average molecular weight is 304 g/mol. The van der Waals surface area contributed by atoms with Crippen LogP contribution in [0.4, 0.5) is 0 Å². The Kier molecular flexibility index (Phi) is 7.64. The summed E-state index contributed by atoms with van der Waals surface area (Å²) in [5, 5.41) is 11.7. The molecule has 0 heterocycles. The lowest BCUT2D eigenvalue weighted by atomic mass is 10.2. The number of nitriles is 1. The fourth-order valence-electron chi connectivity index (χ4n) is 1.51. The van der Waals surface area contributed by atoms with Gasteiger partial charge in [0.2, 0.25) is 10.0 Å². The van der Waals surface area contributed by atoms with Crippen LogP contribution in [0.15, 0.2) is 23.1 Å². The van der Waals surface area contributed by atoms with Gasteiger partial charge in [-0.15, -0.1) is 12.4 Å². The summed E-state index contributed by atoms with van der Waals surface area (Å²) in [5.74, 6) is 0. The minimum atomic E-state index is -3.53. The van der Waals surface area contributed by atoms with Gasteiger partial charge in [0.05, 0.1) is 16.5 Å². The minimum Gasteiger partial charge on any atom is -0.320 e. The Morgan fingerprint density at radius 2 is 2.00 bits per heavy atom. The van der Waals surface area contributed by atoms with Gasteiger partial charge in [0, 0.05) is 6.54 Å². The van der Waals surface area contributed by atoms with Gasteiger partial charge in [-0.1, -0.05) is 6.07 Å². The standard InChI is InChI=1S/C12H17N3O2S.ClH/c1-10-4-5-11(9-13)8-12(10)18(16,17)15-7-3-6-14-2;/h4-5,8,14-15H,3,6-7H2,1-2H3;1H. The summed E-state index contributed by atoms with van der Waals surface area (Å²) in [6.07, 6.45) is 0.715. The molecule has 19 heavy (non-hydrogen) atoms. The van der Waals surface area contributed by atoms with Gasteiger partial charge in [0.15, 0.2) is 0 Å². The molecule has 0 amide bonds. The van der Waals surface area contributed by atoms with E-state index in [1.165, 1.54) is 6.07 Å². The van der Waals surface area contributed by atoms with Gasteiger partial charge in [0.25, 0.3) is 0 Å². The Bertz CT molecular complexity index is 553. The van der Waals surface area contributed by atoms with Crippen LogP contribution in [-0.2, 0) is 10.0 Å². The Labute approximate surface area is 120 Å². The molecule has 2 N–H and O–H groups in total. The topological polar surface area (TPSA) is 82.0 Å². The first-order chi connectivity index (χ1) is 8.51. The molecule has 1 aromatic rings. The largest absolute Gasteiger partial charge is 0.320 e. The van der Waals surface area contributed by atoms with Crippen molar-refractivity contribution < 1.29 is 8.42 Å². The summed E-state index contributed by atoms with van der Waals surface area (Å²) >= 11 is 0. The van der Waals surface area contributed by atoms with Crippen LogP contribution in [0.2, 0.25) is 0 Å². The second kappa shape index (κ2) is 8.12. The van der Waals surface area contributed by atoms with Crippen molar-refractivity contribution in [3.8, 4) is 6.07 Å². The fourth-order valence-corrected chi connectivity index (χ4v) is 2.85. The fraction of sp³-hybridized carbons (Fsp3) is 0.417. The van der Waals surface area contributed by atoms with Crippen LogP contribution in [0, 0.1) is 18.3 Å². The van der Waals surface area contributed by atoms with E-state index < -0.39 is 10.0 Å². The van der Waals surface area contributed by atoms with Crippen molar-refractivity contribution in [2.45, 2.75) is 18.2 Å². The van der Waals surface area contributed by atoms with Crippen molar-refractivity contribution in [2.75, 3.05) is 20.1 Å². The molecule has 106 valence electrons. The lowest BCUT2D eigenvalue weighted by Gasteiger charge is -2.09. The van der Waals surface area contributed by atoms with E-state index in [0.717, 1.165) is 6.54 Å². The molecule has 0 aliphatic rings. The van der Waals surface area contributed by atoms with Crippen LogP contribution >= 0.6 is 12.4 Å². The third-order valence-corrected chi connectivity index (χ3v) is 4.11. The van der Waals surface area contributed by atoms with Crippen LogP contribution in [0.3, 0.4) is 0 Å². The van der Waals surface area contributed by atoms with E-state index >= 15 is 0 Å². The van der Waals surface area contributed by atoms with Crippen molar-refractivity contribution >= 4 is 22.4 Å². The van der Waals surface area contributed by atoms with E-state index in [-0.39, 0.29) is 17.3 Å². The molecule has 1 rings (SSSR count). The second-order valence-electron chi connectivity index (χ2n) is 3.95. The Balaban J connectivity index is 0.00000324. The molecule has 0 unspecified atom stereocenters. The molecule has 0 bridgehead atoms. The minimum absolute atomic E-state index is 0. The van der Waals surface area contributed by atoms with Crippen LogP contribution in [0.25, 0.3) is 0 Å². The maximum absolute atomic E-state index is 12.0. The summed E-state index contributed by atoms with van der Waals surface area (Å²) in [6.45, 7) is 2.84. The number of aryl methyl sites for hydroxylation is 1. The molecular weight excluding hydrogens is 286 g/mol. The summed E-state index contributed by atoms with van der Waals surface area (Å²) in [5.41, 5.74) is 0.978. The van der Waals surface area contributed by atoms with E-state index in [9.17, 15) is 8.42 Å². The number of nitrogens with one attached hydrogen (secondary N) is 2. The number of sulfonamides is 1. The number of benzene rings is 1. The third kappa shape index (κ3) is 5.17. The molecule has 1 aromatic carbocycles. The van der Waals surface area contributed by atoms with Crippen molar-refractivity contribution in [3.05, 3.63) is 29.3 Å². The zero-order valence-corrected chi connectivity index (χ0v) is 12.6. The molecule has 0 aliphatic heterocycles. The van der Waals surface area contributed by atoms with Crippen LogP contribution < -0.4 is 10.0 Å². The first-order valence-electron chi connectivity index (χ1n) is 5.66. The zero-order chi connectivity index (χ0) is 13.6. The maximum Gasteiger partial charge on any atom is 0.240 e. The van der Waals surface area contributed by atoms with Gasteiger partial charge in [0.1, 0.15) is 0 Å². The third-order valence-electron chi connectivity index (χ3n) is 2.50. The number of nitrogens with zero attached hydrogens (tertiary/aromatic N) is 1. The van der Waals surface area contributed by atoms with Crippen LogP contribution in [-0.4, -0.2) is 28.6 Å². The molecular formula is C12H18ClN3O2S. The highest BCUT2D eigenvalue weighted by atomic mass is 35.5. The van der Waals surface area contributed by atoms with Gasteiger partial charge in [-0.05, 0) is 44.6 Å². The molecule has 0 radical (unpaired) electrons.